The third-order valence-electron chi connectivity index (χ3n) is 9.91. The molecule has 6 nitrogen and oxygen atoms in total. The zero-order valence-corrected chi connectivity index (χ0v) is 28.4. The first kappa shape index (κ1) is 35.0. The highest BCUT2D eigenvalue weighted by molar-refractivity contribution is 6.00. The quantitative estimate of drug-likeness (QED) is 0.131. The maximum absolute atomic E-state index is 14.5. The number of alkyl halides is 3. The molecule has 2 heterocycles. The minimum atomic E-state index is -4.48. The molecule has 0 amide bonds. The van der Waals surface area contributed by atoms with E-state index in [0.29, 0.717) is 61.8 Å². The standard InChI is InChI=1S/C40H41F4N5O/c1-28(50)39-36(41)11-7-13-38(39)49-20-18-47(19-21-49)35-23-33(22-34(24-35)40(42,43)44)29-14-16-48(17-15-29)37-12-6-5-10-32(37)27-46(2)26-31-9-4-3-8-30(31)25-45/h3-13,22-24,29H,14-21,26-27H2,1-2H3. The molecule has 0 N–H and O–H groups in total. The van der Waals surface area contributed by atoms with E-state index < -0.39 is 17.6 Å². The Morgan fingerprint density at radius 2 is 1.40 bits per heavy atom. The van der Waals surface area contributed by atoms with E-state index in [2.05, 4.69) is 28.0 Å². The lowest BCUT2D eigenvalue weighted by Gasteiger charge is -2.39. The fourth-order valence-electron chi connectivity index (χ4n) is 7.36. The van der Waals surface area contributed by atoms with Crippen LogP contribution >= 0.6 is 0 Å². The summed E-state index contributed by atoms with van der Waals surface area (Å²) in [6.45, 7) is 5.90. The Bertz CT molecular complexity index is 1870. The van der Waals surface area contributed by atoms with E-state index in [9.17, 15) is 27.6 Å². The number of halogens is 4. The molecule has 2 fully saturated rings. The maximum Gasteiger partial charge on any atom is 0.416 e. The summed E-state index contributed by atoms with van der Waals surface area (Å²) >= 11 is 0. The second-order valence-corrected chi connectivity index (χ2v) is 13.3. The van der Waals surface area contributed by atoms with Crippen molar-refractivity contribution in [1.82, 2.24) is 4.90 Å². The van der Waals surface area contributed by atoms with Crippen LogP contribution < -0.4 is 14.7 Å². The number of rotatable bonds is 9. The SMILES string of the molecule is CC(=O)c1c(F)cccc1N1CCN(c2cc(C3CCN(c4ccccc4CN(C)Cc4ccccc4C#N)CC3)cc(C(F)(F)F)c2)CC1. The van der Waals surface area contributed by atoms with Gasteiger partial charge in [0.25, 0.3) is 0 Å². The van der Waals surface area contributed by atoms with E-state index in [-0.39, 0.29) is 17.3 Å². The molecule has 6 rings (SSSR count). The van der Waals surface area contributed by atoms with Crippen LogP contribution in [0.15, 0.2) is 84.9 Å². The molecule has 0 saturated carbocycles. The Kier molecular flexibility index (Phi) is 10.4. The van der Waals surface area contributed by atoms with Crippen molar-refractivity contribution in [3.05, 3.63) is 124 Å². The fraction of sp³-hybridized carbons (Fsp3) is 0.350. The molecule has 0 spiro atoms. The molecule has 0 unspecified atom stereocenters. The third kappa shape index (κ3) is 7.79. The van der Waals surface area contributed by atoms with Crippen LogP contribution in [0.25, 0.3) is 0 Å². The molecular weight excluding hydrogens is 642 g/mol. The van der Waals surface area contributed by atoms with E-state index in [0.717, 1.165) is 42.7 Å². The molecule has 0 bridgehead atoms. The van der Waals surface area contributed by atoms with Crippen molar-refractivity contribution in [3.63, 3.8) is 0 Å². The predicted octanol–water partition coefficient (Wildman–Crippen LogP) is 8.26. The number of piperazine rings is 1. The van der Waals surface area contributed by atoms with Crippen LogP contribution in [-0.2, 0) is 19.3 Å². The van der Waals surface area contributed by atoms with Crippen LogP contribution in [0, 0.1) is 17.1 Å². The highest BCUT2D eigenvalue weighted by Crippen LogP contribution is 2.39. The Hall–Kier alpha value is -4.88. The Balaban J connectivity index is 1.14. The highest BCUT2D eigenvalue weighted by Gasteiger charge is 2.34. The summed E-state index contributed by atoms with van der Waals surface area (Å²) in [6.07, 6.45) is -3.03. The third-order valence-corrected chi connectivity index (χ3v) is 9.91. The first-order chi connectivity index (χ1) is 24.0. The van der Waals surface area contributed by atoms with Gasteiger partial charge in [0.05, 0.1) is 28.4 Å². The van der Waals surface area contributed by atoms with Crippen molar-refractivity contribution >= 4 is 22.8 Å². The number of carbonyl (C=O) groups is 1. The van der Waals surface area contributed by atoms with Gasteiger partial charge in [-0.05, 0) is 91.9 Å². The molecule has 0 radical (unpaired) electrons. The summed E-state index contributed by atoms with van der Waals surface area (Å²) in [5, 5.41) is 9.50. The zero-order chi connectivity index (χ0) is 35.4. The van der Waals surface area contributed by atoms with Crippen LogP contribution in [-0.4, -0.2) is 57.0 Å². The molecule has 50 heavy (non-hydrogen) atoms. The van der Waals surface area contributed by atoms with Gasteiger partial charge < -0.3 is 14.7 Å². The van der Waals surface area contributed by atoms with Gasteiger partial charge in [0.1, 0.15) is 5.82 Å². The minimum absolute atomic E-state index is 0.0173. The predicted molar refractivity (Wildman–Crippen MR) is 189 cm³/mol. The van der Waals surface area contributed by atoms with E-state index in [1.165, 1.54) is 25.1 Å². The molecule has 2 saturated heterocycles. The van der Waals surface area contributed by atoms with Gasteiger partial charge in [-0.25, -0.2) is 4.39 Å². The highest BCUT2D eigenvalue weighted by atomic mass is 19.4. The lowest BCUT2D eigenvalue weighted by atomic mass is 9.87. The number of benzene rings is 4. The minimum Gasteiger partial charge on any atom is -0.371 e. The largest absolute Gasteiger partial charge is 0.416 e. The van der Waals surface area contributed by atoms with Gasteiger partial charge >= 0.3 is 6.18 Å². The Labute approximate surface area is 291 Å². The molecular formula is C40H41F4N5O. The number of nitriles is 1. The van der Waals surface area contributed by atoms with E-state index in [1.807, 2.05) is 59.3 Å². The molecule has 2 aliphatic rings. The van der Waals surface area contributed by atoms with Crippen molar-refractivity contribution in [2.24, 2.45) is 0 Å². The topological polar surface area (TPSA) is 53.8 Å². The van der Waals surface area contributed by atoms with Crippen molar-refractivity contribution in [1.29, 1.82) is 5.26 Å². The number of carbonyl (C=O) groups excluding carboxylic acids is 1. The van der Waals surface area contributed by atoms with Crippen LogP contribution in [0.5, 0.6) is 0 Å². The average Bonchev–Trinajstić information content (AvgIpc) is 3.11. The number of para-hydroxylation sites is 1. The molecule has 0 atom stereocenters. The summed E-state index contributed by atoms with van der Waals surface area (Å²) < 4.78 is 57.1. The van der Waals surface area contributed by atoms with E-state index >= 15 is 0 Å². The van der Waals surface area contributed by atoms with Gasteiger partial charge in [0, 0.05) is 63.7 Å². The summed E-state index contributed by atoms with van der Waals surface area (Å²) in [5.74, 6) is -0.945. The number of Topliss-reactive ketones (excluding diaryl/α,β-unsaturated/α-hetero) is 1. The number of nitrogens with zero attached hydrogens (tertiary/aromatic N) is 5. The van der Waals surface area contributed by atoms with Crippen molar-refractivity contribution in [3.8, 4) is 6.07 Å². The average molecular weight is 684 g/mol. The number of piperidine rings is 1. The summed E-state index contributed by atoms with van der Waals surface area (Å²) in [7, 11) is 2.03. The lowest BCUT2D eigenvalue weighted by Crippen LogP contribution is -2.47. The molecule has 10 heteroatoms. The zero-order valence-electron chi connectivity index (χ0n) is 28.4. The van der Waals surface area contributed by atoms with Gasteiger partial charge in [-0.2, -0.15) is 18.4 Å². The van der Waals surface area contributed by atoms with Gasteiger partial charge in [-0.1, -0.05) is 42.5 Å². The number of anilines is 3. The number of hydrogen-bond donors (Lipinski definition) is 0. The van der Waals surface area contributed by atoms with Gasteiger partial charge in [-0.15, -0.1) is 0 Å². The van der Waals surface area contributed by atoms with Crippen molar-refractivity contribution in [2.75, 3.05) is 61.0 Å². The molecule has 260 valence electrons. The van der Waals surface area contributed by atoms with Crippen molar-refractivity contribution in [2.45, 2.75) is 44.9 Å². The van der Waals surface area contributed by atoms with Crippen molar-refractivity contribution < 1.29 is 22.4 Å². The maximum atomic E-state index is 14.5. The monoisotopic (exact) mass is 683 g/mol. The van der Waals surface area contributed by atoms with E-state index in [4.69, 9.17) is 0 Å². The smallest absolute Gasteiger partial charge is 0.371 e. The van der Waals surface area contributed by atoms with Crippen LogP contribution in [0.1, 0.15) is 63.9 Å². The van der Waals surface area contributed by atoms with Gasteiger partial charge in [-0.3, -0.25) is 9.69 Å². The normalized spacial score (nSPS) is 15.8. The van der Waals surface area contributed by atoms with Gasteiger partial charge in [0.15, 0.2) is 5.78 Å². The van der Waals surface area contributed by atoms with Crippen LogP contribution in [0.4, 0.5) is 34.6 Å². The second-order valence-electron chi connectivity index (χ2n) is 13.3. The summed E-state index contributed by atoms with van der Waals surface area (Å²) in [5.41, 5.74) is 5.09. The lowest BCUT2D eigenvalue weighted by molar-refractivity contribution is -0.137. The second kappa shape index (κ2) is 14.9. The van der Waals surface area contributed by atoms with Crippen LogP contribution in [0.3, 0.4) is 0 Å². The summed E-state index contributed by atoms with van der Waals surface area (Å²) in [4.78, 5) is 20.6. The molecule has 0 aromatic heterocycles. The summed E-state index contributed by atoms with van der Waals surface area (Å²) in [6, 6.07) is 27.2. The number of hydrogen-bond acceptors (Lipinski definition) is 6. The molecule has 0 aliphatic carbocycles. The van der Waals surface area contributed by atoms with E-state index in [1.54, 1.807) is 12.1 Å². The first-order valence-electron chi connectivity index (χ1n) is 17.0. The molecule has 2 aliphatic heterocycles. The first-order valence-corrected chi connectivity index (χ1v) is 17.0. The van der Waals surface area contributed by atoms with Gasteiger partial charge in [0.2, 0.25) is 0 Å². The molecule has 4 aromatic rings. The Morgan fingerprint density at radius 1 is 0.800 bits per heavy atom. The Morgan fingerprint density at radius 3 is 2.08 bits per heavy atom. The van der Waals surface area contributed by atoms with Crippen LogP contribution in [0.2, 0.25) is 0 Å². The fourth-order valence-corrected chi connectivity index (χ4v) is 7.36. The molecule has 4 aromatic carbocycles. The number of ketones is 1.